The van der Waals surface area contributed by atoms with Crippen molar-refractivity contribution in [3.8, 4) is 0 Å². The number of aromatic nitrogens is 2. The molecular weight excluding hydrogens is 220 g/mol. The van der Waals surface area contributed by atoms with E-state index in [0.717, 1.165) is 23.7 Å². The second kappa shape index (κ2) is 3.46. The Bertz CT molecular complexity index is 474. The zero-order chi connectivity index (χ0) is 12.0. The molecule has 6 nitrogen and oxygen atoms in total. The molecule has 0 aromatic carbocycles. The van der Waals surface area contributed by atoms with E-state index in [1.165, 1.54) is 0 Å². The molecule has 17 heavy (non-hydrogen) atoms. The van der Waals surface area contributed by atoms with E-state index < -0.39 is 5.54 Å². The number of hydrogen-bond donors (Lipinski definition) is 2. The minimum absolute atomic E-state index is 0.0127. The third-order valence-corrected chi connectivity index (χ3v) is 3.48. The predicted octanol–water partition coefficient (Wildman–Crippen LogP) is 0.735. The number of anilines is 2. The Hall–Kier alpha value is -1.56. The van der Waals surface area contributed by atoms with E-state index in [2.05, 4.69) is 15.7 Å². The molecule has 0 bridgehead atoms. The first-order valence-electron chi connectivity index (χ1n) is 5.91. The second-order valence-corrected chi connectivity index (χ2v) is 4.59. The van der Waals surface area contributed by atoms with Crippen molar-refractivity contribution >= 4 is 17.4 Å². The summed E-state index contributed by atoms with van der Waals surface area (Å²) in [7, 11) is 0. The molecule has 2 aliphatic rings. The Labute approximate surface area is 99.3 Å². The second-order valence-electron chi connectivity index (χ2n) is 4.59. The molecule has 92 valence electrons. The molecule has 1 spiro atoms. The third-order valence-electron chi connectivity index (χ3n) is 3.48. The lowest BCUT2D eigenvalue weighted by atomic mass is 9.95. The van der Waals surface area contributed by atoms with Crippen molar-refractivity contribution < 1.29 is 9.53 Å². The van der Waals surface area contributed by atoms with E-state index in [9.17, 15) is 4.79 Å². The summed E-state index contributed by atoms with van der Waals surface area (Å²) in [6, 6.07) is 0. The molecule has 0 aliphatic carbocycles. The van der Waals surface area contributed by atoms with E-state index in [0.29, 0.717) is 19.6 Å². The summed E-state index contributed by atoms with van der Waals surface area (Å²) in [5.74, 6) is 0.886. The topological polar surface area (TPSA) is 68.2 Å². The standard InChI is InChI=1S/C11H16N4O2/c1-3-15-9-8(7(2)14-15)12-10(16)11(13-9)4-5-17-6-11/h13H,3-6H2,1-2H3,(H,12,16). The first kappa shape index (κ1) is 10.6. The van der Waals surface area contributed by atoms with Crippen molar-refractivity contribution in [3.63, 3.8) is 0 Å². The molecule has 1 amide bonds. The van der Waals surface area contributed by atoms with Crippen LogP contribution in [0.15, 0.2) is 0 Å². The number of carbonyl (C=O) groups is 1. The Morgan fingerprint density at radius 1 is 1.59 bits per heavy atom. The lowest BCUT2D eigenvalue weighted by molar-refractivity contribution is -0.120. The lowest BCUT2D eigenvalue weighted by Crippen LogP contribution is -2.53. The van der Waals surface area contributed by atoms with Gasteiger partial charge < -0.3 is 15.4 Å². The highest BCUT2D eigenvalue weighted by molar-refractivity contribution is 6.06. The van der Waals surface area contributed by atoms with Gasteiger partial charge in [0.2, 0.25) is 0 Å². The fourth-order valence-corrected chi connectivity index (χ4v) is 2.45. The van der Waals surface area contributed by atoms with E-state index >= 15 is 0 Å². The number of aryl methyl sites for hydroxylation is 2. The van der Waals surface area contributed by atoms with Gasteiger partial charge in [-0.05, 0) is 13.8 Å². The van der Waals surface area contributed by atoms with Gasteiger partial charge in [0.25, 0.3) is 5.91 Å². The van der Waals surface area contributed by atoms with Crippen LogP contribution < -0.4 is 10.6 Å². The third kappa shape index (κ3) is 1.37. The van der Waals surface area contributed by atoms with Gasteiger partial charge in [0.15, 0.2) is 0 Å². The van der Waals surface area contributed by atoms with E-state index in [1.807, 2.05) is 18.5 Å². The van der Waals surface area contributed by atoms with Crippen LogP contribution in [0.4, 0.5) is 11.5 Å². The van der Waals surface area contributed by atoms with Crippen LogP contribution in [0.2, 0.25) is 0 Å². The van der Waals surface area contributed by atoms with Crippen LogP contribution in [0.25, 0.3) is 0 Å². The summed E-state index contributed by atoms with van der Waals surface area (Å²) >= 11 is 0. The fourth-order valence-electron chi connectivity index (χ4n) is 2.45. The smallest absolute Gasteiger partial charge is 0.252 e. The monoisotopic (exact) mass is 236 g/mol. The summed E-state index contributed by atoms with van der Waals surface area (Å²) in [6.07, 6.45) is 0.701. The lowest BCUT2D eigenvalue weighted by Gasteiger charge is -2.33. The summed E-state index contributed by atoms with van der Waals surface area (Å²) < 4.78 is 7.23. The van der Waals surface area contributed by atoms with Crippen LogP contribution in [0.1, 0.15) is 19.0 Å². The van der Waals surface area contributed by atoms with Crippen molar-refractivity contribution in [2.24, 2.45) is 0 Å². The molecular formula is C11H16N4O2. The van der Waals surface area contributed by atoms with Gasteiger partial charge in [-0.15, -0.1) is 0 Å². The van der Waals surface area contributed by atoms with Gasteiger partial charge in [0.05, 0.1) is 12.3 Å². The maximum atomic E-state index is 12.1. The average Bonchev–Trinajstić information content (AvgIpc) is 2.89. The normalized spacial score (nSPS) is 26.8. The molecule has 1 aromatic heterocycles. The first-order chi connectivity index (χ1) is 8.16. The van der Waals surface area contributed by atoms with Gasteiger partial charge in [0.1, 0.15) is 17.0 Å². The Kier molecular flexibility index (Phi) is 2.16. The van der Waals surface area contributed by atoms with Crippen LogP contribution >= 0.6 is 0 Å². The average molecular weight is 236 g/mol. The quantitative estimate of drug-likeness (QED) is 0.754. The van der Waals surface area contributed by atoms with Crippen LogP contribution in [0.3, 0.4) is 0 Å². The molecule has 3 heterocycles. The molecule has 1 fully saturated rings. The van der Waals surface area contributed by atoms with Gasteiger partial charge in [-0.3, -0.25) is 4.79 Å². The molecule has 6 heteroatoms. The molecule has 1 atom stereocenters. The fraction of sp³-hybridized carbons (Fsp3) is 0.636. The molecule has 1 saturated heterocycles. The number of amides is 1. The molecule has 1 aromatic rings. The van der Waals surface area contributed by atoms with Gasteiger partial charge in [-0.25, -0.2) is 4.68 Å². The molecule has 3 rings (SSSR count). The van der Waals surface area contributed by atoms with Gasteiger partial charge >= 0.3 is 0 Å². The zero-order valence-electron chi connectivity index (χ0n) is 10.0. The minimum atomic E-state index is -0.605. The van der Waals surface area contributed by atoms with Crippen molar-refractivity contribution in [2.75, 3.05) is 23.8 Å². The SMILES string of the molecule is CCn1nc(C)c2c1NC1(CCOC1)C(=O)N2. The van der Waals surface area contributed by atoms with Crippen LogP contribution in [-0.4, -0.2) is 34.4 Å². The molecule has 2 N–H and O–H groups in total. The van der Waals surface area contributed by atoms with Crippen LogP contribution in [0, 0.1) is 6.92 Å². The number of rotatable bonds is 1. The maximum absolute atomic E-state index is 12.1. The minimum Gasteiger partial charge on any atom is -0.378 e. The zero-order valence-corrected chi connectivity index (χ0v) is 10.0. The van der Waals surface area contributed by atoms with Crippen molar-refractivity contribution in [2.45, 2.75) is 32.4 Å². The summed E-state index contributed by atoms with van der Waals surface area (Å²) in [5.41, 5.74) is 1.04. The van der Waals surface area contributed by atoms with Crippen LogP contribution in [0.5, 0.6) is 0 Å². The number of hydrogen-bond acceptors (Lipinski definition) is 4. The molecule has 1 unspecified atom stereocenters. The highest BCUT2D eigenvalue weighted by Crippen LogP contribution is 2.36. The molecule has 0 radical (unpaired) electrons. The highest BCUT2D eigenvalue weighted by atomic mass is 16.5. The highest BCUT2D eigenvalue weighted by Gasteiger charge is 2.47. The summed E-state index contributed by atoms with van der Waals surface area (Å²) in [5, 5.41) is 10.7. The van der Waals surface area contributed by atoms with Crippen molar-refractivity contribution in [1.29, 1.82) is 0 Å². The Balaban J connectivity index is 2.06. The summed E-state index contributed by atoms with van der Waals surface area (Å²) in [4.78, 5) is 12.1. The van der Waals surface area contributed by atoms with Gasteiger partial charge in [-0.2, -0.15) is 5.10 Å². The molecule has 2 aliphatic heterocycles. The maximum Gasteiger partial charge on any atom is 0.252 e. The number of nitrogens with one attached hydrogen (secondary N) is 2. The van der Waals surface area contributed by atoms with E-state index in [1.54, 1.807) is 0 Å². The predicted molar refractivity (Wildman–Crippen MR) is 63.1 cm³/mol. The van der Waals surface area contributed by atoms with Crippen LogP contribution in [-0.2, 0) is 16.1 Å². The number of fused-ring (bicyclic) bond motifs is 1. The largest absolute Gasteiger partial charge is 0.378 e. The van der Waals surface area contributed by atoms with Gasteiger partial charge in [0, 0.05) is 19.6 Å². The van der Waals surface area contributed by atoms with Crippen molar-refractivity contribution in [1.82, 2.24) is 9.78 Å². The number of carbonyl (C=O) groups excluding carboxylic acids is 1. The Morgan fingerprint density at radius 3 is 3.06 bits per heavy atom. The number of ether oxygens (including phenoxy) is 1. The summed E-state index contributed by atoms with van der Waals surface area (Å²) in [6.45, 7) is 5.75. The Morgan fingerprint density at radius 2 is 2.41 bits per heavy atom. The van der Waals surface area contributed by atoms with Gasteiger partial charge in [-0.1, -0.05) is 0 Å². The van der Waals surface area contributed by atoms with E-state index in [-0.39, 0.29) is 5.91 Å². The van der Waals surface area contributed by atoms with E-state index in [4.69, 9.17) is 4.74 Å². The first-order valence-corrected chi connectivity index (χ1v) is 5.91. The van der Waals surface area contributed by atoms with Crippen molar-refractivity contribution in [3.05, 3.63) is 5.69 Å². The number of nitrogens with zero attached hydrogens (tertiary/aromatic N) is 2. The molecule has 0 saturated carbocycles.